The van der Waals surface area contributed by atoms with Crippen molar-refractivity contribution in [1.82, 2.24) is 24.8 Å². The summed E-state index contributed by atoms with van der Waals surface area (Å²) in [7, 11) is 1.66. The lowest BCUT2D eigenvalue weighted by molar-refractivity contribution is -0.142. The summed E-state index contributed by atoms with van der Waals surface area (Å²) in [6.07, 6.45) is 11.2. The maximum atomic E-state index is 11.5. The number of methoxy groups -OCH3 is 1. The number of aliphatic hydroxyl groups is 1. The van der Waals surface area contributed by atoms with E-state index in [0.717, 1.165) is 60.4 Å². The third-order valence-electron chi connectivity index (χ3n) is 9.19. The van der Waals surface area contributed by atoms with Gasteiger partial charge in [-0.25, -0.2) is 9.78 Å². The number of pyridine rings is 1. The molecule has 11 heteroatoms. The van der Waals surface area contributed by atoms with Gasteiger partial charge in [0.15, 0.2) is 0 Å². The fourth-order valence-electron chi connectivity index (χ4n) is 6.75. The molecule has 3 fully saturated rings. The third-order valence-corrected chi connectivity index (χ3v) is 9.19. The summed E-state index contributed by atoms with van der Waals surface area (Å²) in [5, 5.41) is 24.1. The number of aliphatic hydroxyl groups excluding tert-OH is 1. The van der Waals surface area contributed by atoms with Crippen molar-refractivity contribution in [2.24, 2.45) is 17.8 Å². The van der Waals surface area contributed by atoms with E-state index in [1.165, 1.54) is 6.42 Å². The lowest BCUT2D eigenvalue weighted by Gasteiger charge is -2.50. The summed E-state index contributed by atoms with van der Waals surface area (Å²) in [4.78, 5) is 34.1. The van der Waals surface area contributed by atoms with Crippen molar-refractivity contribution in [3.8, 4) is 5.75 Å². The highest BCUT2D eigenvalue weighted by molar-refractivity contribution is 5.84. The number of carbonyl (C=O) groups is 2. The lowest BCUT2D eigenvalue weighted by Crippen LogP contribution is -2.54. The number of carboxylic acids is 1. The Kier molecular flexibility index (Phi) is 13.0. The van der Waals surface area contributed by atoms with Crippen molar-refractivity contribution in [2.45, 2.75) is 90.5 Å². The Bertz CT molecular complexity index is 1520. The van der Waals surface area contributed by atoms with Crippen molar-refractivity contribution in [1.29, 1.82) is 0 Å². The zero-order valence-corrected chi connectivity index (χ0v) is 29.1. The molecule has 0 aliphatic carbocycles. The van der Waals surface area contributed by atoms with Crippen LogP contribution < -0.4 is 10.1 Å². The molecule has 11 nitrogen and oxygen atoms in total. The summed E-state index contributed by atoms with van der Waals surface area (Å²) in [6, 6.07) is 7.96. The molecule has 5 heterocycles. The number of nitrogens with one attached hydrogen (secondary N) is 1. The molecule has 1 aromatic carbocycles. The first kappa shape index (κ1) is 36.9. The summed E-state index contributed by atoms with van der Waals surface area (Å²) in [5.41, 5.74) is 2.10. The Morgan fingerprint density at radius 3 is 2.67 bits per heavy atom. The molecule has 4 unspecified atom stereocenters. The van der Waals surface area contributed by atoms with E-state index < -0.39 is 29.7 Å². The Morgan fingerprint density at radius 2 is 2.02 bits per heavy atom. The fourth-order valence-corrected chi connectivity index (χ4v) is 6.75. The second kappa shape index (κ2) is 16.9. The van der Waals surface area contributed by atoms with Gasteiger partial charge < -0.3 is 29.6 Å². The standard InChI is InChI=1S/C20H24N2O2.C17H29N3O4/c1-3-13-12-22-9-7-14(13)10-19(22)20(23)16-6-8-21-18-5-4-15(24-2)11-17(16)18;1-5-9-20-11-14(19-12-20)10-13(15(21)22)7-6-8-18-16(23)24-17(2,3)4/h3-6,8,11,13-14,19-20,23H,1,7,9-10,12H2,2H3;11-13H,5-10H2,1-4H3,(H,18,23)(H,21,22)/t13?,14?,19?,20-;13-/m00/s1. The Labute approximate surface area is 284 Å². The van der Waals surface area contributed by atoms with Gasteiger partial charge in [-0.2, -0.15) is 0 Å². The number of benzene rings is 1. The van der Waals surface area contributed by atoms with E-state index in [4.69, 9.17) is 9.47 Å². The van der Waals surface area contributed by atoms with E-state index in [-0.39, 0.29) is 6.04 Å². The number of imidazole rings is 1. The Morgan fingerprint density at radius 1 is 1.23 bits per heavy atom. The largest absolute Gasteiger partial charge is 0.497 e. The molecular formula is C37H53N5O6. The molecule has 262 valence electrons. The fraction of sp³-hybridized carbons (Fsp3) is 0.568. The molecule has 3 N–H and O–H groups in total. The van der Waals surface area contributed by atoms with Gasteiger partial charge in [0.05, 0.1) is 36.7 Å². The molecule has 3 aromatic rings. The van der Waals surface area contributed by atoms with Crippen LogP contribution in [0.5, 0.6) is 5.75 Å². The quantitative estimate of drug-likeness (QED) is 0.148. The number of alkyl carbamates (subject to hydrolysis) is 1. The van der Waals surface area contributed by atoms with Gasteiger partial charge in [0.2, 0.25) is 0 Å². The maximum Gasteiger partial charge on any atom is 0.407 e. The van der Waals surface area contributed by atoms with Crippen LogP contribution in [0.1, 0.15) is 77.2 Å². The van der Waals surface area contributed by atoms with Gasteiger partial charge in [-0.3, -0.25) is 14.7 Å². The topological polar surface area (TPSA) is 139 Å². The van der Waals surface area contributed by atoms with Crippen LogP contribution in [-0.2, 0) is 22.5 Å². The first-order valence-corrected chi connectivity index (χ1v) is 17.1. The normalized spacial score (nSPS) is 21.5. The number of nitrogens with zero attached hydrogens (tertiary/aromatic N) is 4. The van der Waals surface area contributed by atoms with Gasteiger partial charge in [0.25, 0.3) is 0 Å². The molecule has 2 bridgehead atoms. The average molecular weight is 664 g/mol. The summed E-state index contributed by atoms with van der Waals surface area (Å²) < 4.78 is 12.5. The maximum absolute atomic E-state index is 11.5. The molecule has 3 saturated heterocycles. The first-order chi connectivity index (χ1) is 22.9. The zero-order chi connectivity index (χ0) is 34.8. The molecule has 0 saturated carbocycles. The number of fused-ring (bicyclic) bond motifs is 4. The number of hydrogen-bond donors (Lipinski definition) is 3. The van der Waals surface area contributed by atoms with Gasteiger partial charge in [-0.05, 0) is 101 Å². The minimum Gasteiger partial charge on any atom is -0.497 e. The Balaban J connectivity index is 0.000000217. The number of hydrogen-bond acceptors (Lipinski definition) is 8. The smallest absolute Gasteiger partial charge is 0.407 e. The van der Waals surface area contributed by atoms with Crippen molar-refractivity contribution in [2.75, 3.05) is 26.7 Å². The molecule has 3 aliphatic heterocycles. The highest BCUT2D eigenvalue weighted by Crippen LogP contribution is 2.42. The van der Waals surface area contributed by atoms with Crippen LogP contribution in [0.15, 0.2) is 55.6 Å². The van der Waals surface area contributed by atoms with Gasteiger partial charge in [-0.1, -0.05) is 13.0 Å². The van der Waals surface area contributed by atoms with E-state index in [0.29, 0.717) is 37.6 Å². The van der Waals surface area contributed by atoms with E-state index in [2.05, 4.69) is 39.8 Å². The van der Waals surface area contributed by atoms with Crippen molar-refractivity contribution < 1.29 is 29.3 Å². The van der Waals surface area contributed by atoms with Gasteiger partial charge in [0.1, 0.15) is 11.4 Å². The highest BCUT2D eigenvalue weighted by atomic mass is 16.6. The highest BCUT2D eigenvalue weighted by Gasteiger charge is 2.42. The van der Waals surface area contributed by atoms with E-state index in [1.54, 1.807) is 40.4 Å². The predicted octanol–water partition coefficient (Wildman–Crippen LogP) is 6.01. The molecule has 0 radical (unpaired) electrons. The van der Waals surface area contributed by atoms with E-state index in [9.17, 15) is 19.8 Å². The summed E-state index contributed by atoms with van der Waals surface area (Å²) >= 11 is 0. The molecule has 2 aromatic heterocycles. The number of carboxylic acid groups (broad SMARTS) is 1. The Hall–Kier alpha value is -3.96. The molecule has 0 spiro atoms. The van der Waals surface area contributed by atoms with Crippen LogP contribution in [0.2, 0.25) is 0 Å². The number of amides is 1. The lowest BCUT2D eigenvalue weighted by atomic mass is 9.73. The number of aromatic nitrogens is 3. The number of aryl methyl sites for hydroxylation is 1. The number of carbonyl (C=O) groups excluding carboxylic acids is 1. The molecule has 1 amide bonds. The van der Waals surface area contributed by atoms with Crippen LogP contribution in [0, 0.1) is 17.8 Å². The molecule has 48 heavy (non-hydrogen) atoms. The number of piperidine rings is 3. The van der Waals surface area contributed by atoms with Crippen LogP contribution in [-0.4, -0.2) is 80.1 Å². The molecule has 6 rings (SSSR count). The van der Waals surface area contributed by atoms with Crippen LogP contribution in [0.25, 0.3) is 10.9 Å². The second-order valence-corrected chi connectivity index (χ2v) is 13.9. The average Bonchev–Trinajstić information content (AvgIpc) is 3.51. The molecule has 3 aliphatic rings. The number of rotatable bonds is 13. The second-order valence-electron chi connectivity index (χ2n) is 13.9. The van der Waals surface area contributed by atoms with Crippen molar-refractivity contribution in [3.63, 3.8) is 0 Å². The zero-order valence-electron chi connectivity index (χ0n) is 29.1. The van der Waals surface area contributed by atoms with Crippen LogP contribution in [0.4, 0.5) is 4.79 Å². The SMILES string of the molecule is C=CC1CN2CCC1CC2[C@@H](O)c1ccnc2ccc(OC)cc12.CCCn1cnc(C[C@H](CCCNC(=O)OC(C)(C)C)C(=O)O)c1. The van der Waals surface area contributed by atoms with Crippen molar-refractivity contribution in [3.05, 3.63) is 66.9 Å². The van der Waals surface area contributed by atoms with Gasteiger partial charge >= 0.3 is 12.1 Å². The van der Waals surface area contributed by atoms with E-state index >= 15 is 0 Å². The summed E-state index contributed by atoms with van der Waals surface area (Å²) in [5.74, 6) is 0.667. The molecule has 6 atom stereocenters. The number of aliphatic carboxylic acids is 1. The first-order valence-electron chi connectivity index (χ1n) is 17.1. The minimum absolute atomic E-state index is 0.178. The number of ether oxygens (including phenoxy) is 2. The summed E-state index contributed by atoms with van der Waals surface area (Å²) in [6.45, 7) is 14.8. The third kappa shape index (κ3) is 10.0. The van der Waals surface area contributed by atoms with Crippen molar-refractivity contribution >= 4 is 23.0 Å². The molecular weight excluding hydrogens is 610 g/mol. The predicted molar refractivity (Wildman–Crippen MR) is 186 cm³/mol. The van der Waals surface area contributed by atoms with Crippen LogP contribution in [0.3, 0.4) is 0 Å². The van der Waals surface area contributed by atoms with Crippen LogP contribution >= 0.6 is 0 Å². The van der Waals surface area contributed by atoms with Gasteiger partial charge in [0, 0.05) is 49.9 Å². The monoisotopic (exact) mass is 663 g/mol. The minimum atomic E-state index is -0.836. The van der Waals surface area contributed by atoms with Gasteiger partial charge in [-0.15, -0.1) is 6.58 Å². The van der Waals surface area contributed by atoms with E-state index in [1.807, 2.05) is 35.0 Å².